The number of carbonyl (C=O) groups is 1. The molecule has 1 aliphatic heterocycles. The molecule has 0 bridgehead atoms. The maximum absolute atomic E-state index is 12.9. The van der Waals surface area contributed by atoms with E-state index in [4.69, 9.17) is 0 Å². The number of hydrogen-bond acceptors (Lipinski definition) is 3. The average Bonchev–Trinajstić information content (AvgIpc) is 2.74. The summed E-state index contributed by atoms with van der Waals surface area (Å²) in [6, 6.07) is 5.92. The van der Waals surface area contributed by atoms with Gasteiger partial charge in [0.2, 0.25) is 0 Å². The maximum atomic E-state index is 12.9. The van der Waals surface area contributed by atoms with Crippen molar-refractivity contribution in [3.63, 3.8) is 0 Å². The molecule has 0 radical (unpaired) electrons. The third kappa shape index (κ3) is 8.47. The lowest BCUT2D eigenvalue weighted by Crippen LogP contribution is -2.56. The highest BCUT2D eigenvalue weighted by molar-refractivity contribution is 14.0. The lowest BCUT2D eigenvalue weighted by atomic mass is 10.1. The molecule has 2 rings (SSSR count). The number of halogens is 4. The number of nitrogens with zero attached hydrogens (tertiary/aromatic N) is 3. The molecule has 0 spiro atoms. The SMILES string of the molecule is CCCCNC(=O)c1ccc(CNC(=NC)N2CCN(C(C)C(F)(F)F)CC2)cc1.I. The monoisotopic (exact) mass is 555 g/mol. The predicted octanol–water partition coefficient (Wildman–Crippen LogP) is 3.48. The number of alkyl halides is 3. The molecule has 31 heavy (non-hydrogen) atoms. The average molecular weight is 555 g/mol. The van der Waals surface area contributed by atoms with Crippen molar-refractivity contribution in [1.29, 1.82) is 0 Å². The molecule has 176 valence electrons. The molecule has 10 heteroatoms. The number of piperazine rings is 1. The van der Waals surface area contributed by atoms with Gasteiger partial charge >= 0.3 is 6.18 Å². The van der Waals surface area contributed by atoms with E-state index < -0.39 is 12.2 Å². The standard InChI is InChI=1S/C21H32F3N5O.HI/c1-4-5-10-26-19(30)18-8-6-17(7-9-18)15-27-20(25-3)29-13-11-28(12-14-29)16(2)21(22,23)24;/h6-9,16H,4-5,10-15H2,1-3H3,(H,25,27)(H,26,30);1H. The van der Waals surface area contributed by atoms with Gasteiger partial charge in [0.15, 0.2) is 5.96 Å². The summed E-state index contributed by atoms with van der Waals surface area (Å²) in [5.41, 5.74) is 1.61. The van der Waals surface area contributed by atoms with Crippen molar-refractivity contribution >= 4 is 35.8 Å². The third-order valence-corrected chi connectivity index (χ3v) is 5.33. The van der Waals surface area contributed by atoms with Crippen LogP contribution in [0.25, 0.3) is 0 Å². The molecule has 1 fully saturated rings. The molecule has 1 aromatic carbocycles. The number of unbranched alkanes of at least 4 members (excludes halogenated alkanes) is 1. The van der Waals surface area contributed by atoms with Gasteiger partial charge in [0.25, 0.3) is 5.91 Å². The van der Waals surface area contributed by atoms with Crippen LogP contribution in [0, 0.1) is 0 Å². The van der Waals surface area contributed by atoms with E-state index in [1.54, 1.807) is 19.2 Å². The van der Waals surface area contributed by atoms with Gasteiger partial charge in [0.1, 0.15) is 6.04 Å². The highest BCUT2D eigenvalue weighted by Crippen LogP contribution is 2.25. The zero-order valence-corrected chi connectivity index (χ0v) is 20.7. The lowest BCUT2D eigenvalue weighted by molar-refractivity contribution is -0.181. The second-order valence-electron chi connectivity index (χ2n) is 7.45. The predicted molar refractivity (Wildman–Crippen MR) is 128 cm³/mol. The van der Waals surface area contributed by atoms with Gasteiger partial charge in [-0.15, -0.1) is 24.0 Å². The Balaban J connectivity index is 0.00000480. The second-order valence-corrected chi connectivity index (χ2v) is 7.45. The van der Waals surface area contributed by atoms with Gasteiger partial charge in [0.05, 0.1) is 0 Å². The van der Waals surface area contributed by atoms with E-state index in [2.05, 4.69) is 22.5 Å². The molecule has 1 aliphatic rings. The number of aliphatic imine (C=N–C) groups is 1. The molecule has 2 N–H and O–H groups in total. The lowest BCUT2D eigenvalue weighted by Gasteiger charge is -2.39. The van der Waals surface area contributed by atoms with E-state index in [0.29, 0.717) is 50.8 Å². The zero-order chi connectivity index (χ0) is 22.1. The van der Waals surface area contributed by atoms with E-state index in [1.807, 2.05) is 17.0 Å². The Labute approximate surface area is 199 Å². The van der Waals surface area contributed by atoms with Crippen LogP contribution in [-0.4, -0.2) is 73.7 Å². The summed E-state index contributed by atoms with van der Waals surface area (Å²) in [4.78, 5) is 19.7. The summed E-state index contributed by atoms with van der Waals surface area (Å²) in [6.07, 6.45) is -2.22. The van der Waals surface area contributed by atoms with Gasteiger partial charge in [-0.3, -0.25) is 14.7 Å². The Morgan fingerprint density at radius 1 is 1.13 bits per heavy atom. The highest BCUT2D eigenvalue weighted by atomic mass is 127. The largest absolute Gasteiger partial charge is 0.403 e. The van der Waals surface area contributed by atoms with Crippen molar-refractivity contribution in [2.75, 3.05) is 39.8 Å². The fraction of sp³-hybridized carbons (Fsp3) is 0.619. The van der Waals surface area contributed by atoms with E-state index in [1.165, 1.54) is 11.8 Å². The number of hydrogen-bond donors (Lipinski definition) is 2. The molecule has 1 unspecified atom stereocenters. The number of rotatable bonds is 7. The minimum atomic E-state index is -4.21. The topological polar surface area (TPSA) is 60.0 Å². The summed E-state index contributed by atoms with van der Waals surface area (Å²) in [5, 5.41) is 6.14. The molecular weight excluding hydrogens is 522 g/mol. The molecule has 1 heterocycles. The number of amides is 1. The van der Waals surface area contributed by atoms with Crippen molar-refractivity contribution in [2.24, 2.45) is 4.99 Å². The Hall–Kier alpha value is -1.56. The Bertz CT molecular complexity index is 704. The molecule has 0 saturated carbocycles. The van der Waals surface area contributed by atoms with Gasteiger partial charge in [-0.25, -0.2) is 0 Å². The zero-order valence-electron chi connectivity index (χ0n) is 18.3. The second kappa shape index (κ2) is 13.1. The van der Waals surface area contributed by atoms with Crippen LogP contribution in [0.4, 0.5) is 13.2 Å². The molecular formula is C21H33F3IN5O. The maximum Gasteiger partial charge on any atom is 0.403 e. The fourth-order valence-electron chi connectivity index (χ4n) is 3.30. The Morgan fingerprint density at radius 3 is 2.26 bits per heavy atom. The summed E-state index contributed by atoms with van der Waals surface area (Å²) in [7, 11) is 1.66. The molecule has 6 nitrogen and oxygen atoms in total. The first kappa shape index (κ1) is 27.5. The van der Waals surface area contributed by atoms with Crippen LogP contribution in [0.3, 0.4) is 0 Å². The molecule has 0 aromatic heterocycles. The quantitative estimate of drug-likeness (QED) is 0.234. The summed E-state index contributed by atoms with van der Waals surface area (Å²) < 4.78 is 38.7. The smallest absolute Gasteiger partial charge is 0.352 e. The van der Waals surface area contributed by atoms with Crippen LogP contribution in [0.5, 0.6) is 0 Å². The van der Waals surface area contributed by atoms with Crippen molar-refractivity contribution in [3.05, 3.63) is 35.4 Å². The minimum absolute atomic E-state index is 0. The summed E-state index contributed by atoms with van der Waals surface area (Å²) in [6.45, 7) is 6.11. The van der Waals surface area contributed by atoms with Gasteiger partial charge in [-0.05, 0) is 31.0 Å². The van der Waals surface area contributed by atoms with E-state index >= 15 is 0 Å². The fourth-order valence-corrected chi connectivity index (χ4v) is 3.30. The van der Waals surface area contributed by atoms with Gasteiger partial charge in [0, 0.05) is 51.9 Å². The van der Waals surface area contributed by atoms with Crippen molar-refractivity contribution in [3.8, 4) is 0 Å². The normalized spacial score (nSPS) is 16.5. The summed E-state index contributed by atoms with van der Waals surface area (Å²) >= 11 is 0. The Morgan fingerprint density at radius 2 is 1.74 bits per heavy atom. The van der Waals surface area contributed by atoms with E-state index in [0.717, 1.165) is 18.4 Å². The first-order valence-corrected chi connectivity index (χ1v) is 10.4. The van der Waals surface area contributed by atoms with Crippen LogP contribution >= 0.6 is 24.0 Å². The van der Waals surface area contributed by atoms with Crippen LogP contribution < -0.4 is 10.6 Å². The first-order chi connectivity index (χ1) is 14.3. The van der Waals surface area contributed by atoms with Gasteiger partial charge < -0.3 is 15.5 Å². The number of carbonyl (C=O) groups excluding carboxylic acids is 1. The van der Waals surface area contributed by atoms with Gasteiger partial charge in [-0.2, -0.15) is 13.2 Å². The first-order valence-electron chi connectivity index (χ1n) is 10.4. The van der Waals surface area contributed by atoms with Crippen LogP contribution in [0.2, 0.25) is 0 Å². The van der Waals surface area contributed by atoms with Crippen LogP contribution in [-0.2, 0) is 6.54 Å². The molecule has 1 amide bonds. The van der Waals surface area contributed by atoms with Crippen molar-refractivity contribution in [1.82, 2.24) is 20.4 Å². The Kier molecular flexibility index (Phi) is 11.6. The van der Waals surface area contributed by atoms with Crippen LogP contribution in [0.15, 0.2) is 29.3 Å². The molecule has 0 aliphatic carbocycles. The van der Waals surface area contributed by atoms with E-state index in [9.17, 15) is 18.0 Å². The van der Waals surface area contributed by atoms with Crippen molar-refractivity contribution in [2.45, 2.75) is 45.5 Å². The number of guanidine groups is 1. The highest BCUT2D eigenvalue weighted by Gasteiger charge is 2.41. The molecule has 1 saturated heterocycles. The van der Waals surface area contributed by atoms with Crippen LogP contribution in [0.1, 0.15) is 42.6 Å². The third-order valence-electron chi connectivity index (χ3n) is 5.33. The van der Waals surface area contributed by atoms with Crippen molar-refractivity contribution < 1.29 is 18.0 Å². The number of nitrogens with one attached hydrogen (secondary N) is 2. The van der Waals surface area contributed by atoms with Gasteiger partial charge in [-0.1, -0.05) is 25.5 Å². The minimum Gasteiger partial charge on any atom is -0.352 e. The molecule has 1 atom stereocenters. The summed E-state index contributed by atoms with van der Waals surface area (Å²) in [5.74, 6) is 0.584. The van der Waals surface area contributed by atoms with E-state index in [-0.39, 0.29) is 29.9 Å². The number of benzene rings is 1. The molecule has 1 aromatic rings.